The molecule has 0 bridgehead atoms. The summed E-state index contributed by atoms with van der Waals surface area (Å²) in [6.07, 6.45) is -3.46. The zero-order valence-corrected chi connectivity index (χ0v) is 17.0. The molecule has 0 saturated heterocycles. The Labute approximate surface area is 188 Å². The van der Waals surface area contributed by atoms with Gasteiger partial charge in [-0.15, -0.1) is 0 Å². The molecule has 10 nitrogen and oxygen atoms in total. The van der Waals surface area contributed by atoms with Gasteiger partial charge in [-0.05, 0) is 30.3 Å². The van der Waals surface area contributed by atoms with E-state index in [1.165, 1.54) is 48.7 Å². The fraction of sp³-hybridized carbons (Fsp3) is 0.0952. The topological polar surface area (TPSA) is 136 Å². The Bertz CT molecular complexity index is 1330. The molecule has 0 aliphatic carbocycles. The van der Waals surface area contributed by atoms with Gasteiger partial charge < -0.3 is 19.6 Å². The number of nitrogens with zero attached hydrogens (tertiary/aromatic N) is 3. The van der Waals surface area contributed by atoms with Crippen LogP contribution in [0.4, 0.5) is 30.2 Å². The number of furan rings is 1. The molecule has 0 saturated carbocycles. The van der Waals surface area contributed by atoms with Crippen molar-refractivity contribution in [2.45, 2.75) is 12.7 Å². The lowest BCUT2D eigenvalue weighted by atomic mass is 10.1. The lowest BCUT2D eigenvalue weighted by Crippen LogP contribution is -2.14. The molecule has 0 atom stereocenters. The van der Waals surface area contributed by atoms with Gasteiger partial charge in [0.15, 0.2) is 5.76 Å². The highest BCUT2D eigenvalue weighted by atomic mass is 19.4. The molecule has 0 spiro atoms. The molecule has 34 heavy (non-hydrogen) atoms. The van der Waals surface area contributed by atoms with Crippen molar-refractivity contribution in [3.63, 3.8) is 0 Å². The number of rotatable bonds is 7. The number of amides is 1. The zero-order valence-electron chi connectivity index (χ0n) is 17.0. The third-order valence-corrected chi connectivity index (χ3v) is 4.54. The first-order valence-corrected chi connectivity index (χ1v) is 9.58. The number of benzene rings is 2. The number of nitro benzene ring substituents is 1. The number of non-ortho nitro benzene ring substituents is 1. The number of halogens is 3. The average molecular weight is 473 g/mol. The molecule has 4 aromatic rings. The number of carbonyl (C=O) groups excluding carboxylic acids is 1. The van der Waals surface area contributed by atoms with Crippen molar-refractivity contribution in [3.05, 3.63) is 88.2 Å². The van der Waals surface area contributed by atoms with Gasteiger partial charge in [0.2, 0.25) is 11.7 Å². The molecule has 0 unspecified atom stereocenters. The van der Waals surface area contributed by atoms with Crippen LogP contribution in [0.2, 0.25) is 0 Å². The molecule has 13 heteroatoms. The van der Waals surface area contributed by atoms with Crippen LogP contribution in [0, 0.1) is 10.1 Å². The summed E-state index contributed by atoms with van der Waals surface area (Å²) in [5.74, 6) is -0.734. The molecular formula is C21H14F3N5O5. The van der Waals surface area contributed by atoms with Gasteiger partial charge in [-0.25, -0.2) is 0 Å². The van der Waals surface area contributed by atoms with Crippen LogP contribution in [0.3, 0.4) is 0 Å². The number of nitrogens with one attached hydrogen (secondary N) is 2. The summed E-state index contributed by atoms with van der Waals surface area (Å²) < 4.78 is 50.8. The normalized spacial score (nSPS) is 11.3. The van der Waals surface area contributed by atoms with Gasteiger partial charge in [-0.3, -0.25) is 14.9 Å². The summed E-state index contributed by atoms with van der Waals surface area (Å²) >= 11 is 0. The van der Waals surface area contributed by atoms with E-state index in [0.717, 1.165) is 12.1 Å². The van der Waals surface area contributed by atoms with Crippen LogP contribution < -0.4 is 10.6 Å². The number of hydrogen-bond acceptors (Lipinski definition) is 8. The van der Waals surface area contributed by atoms with Crippen molar-refractivity contribution >= 4 is 23.0 Å². The second-order valence-corrected chi connectivity index (χ2v) is 6.86. The van der Waals surface area contributed by atoms with E-state index in [4.69, 9.17) is 8.94 Å². The molecule has 0 aliphatic rings. The van der Waals surface area contributed by atoms with Gasteiger partial charge in [0.1, 0.15) is 0 Å². The number of carbonyl (C=O) groups is 1. The fourth-order valence-corrected chi connectivity index (χ4v) is 2.98. The van der Waals surface area contributed by atoms with Crippen molar-refractivity contribution in [2.75, 3.05) is 10.6 Å². The standard InChI is InChI=1S/C21H14F3N5O5/c22-21(23,24)15-10-13(26-20(30)17-5-2-8-33-17)6-7-16(15)25-11-18-27-19(28-34-18)12-3-1-4-14(9-12)29(31)32/h1-10,25H,11H2,(H,26,30). The summed E-state index contributed by atoms with van der Waals surface area (Å²) in [5.41, 5.74) is -1.24. The first kappa shape index (κ1) is 22.5. The van der Waals surface area contributed by atoms with E-state index in [1.54, 1.807) is 0 Å². The summed E-state index contributed by atoms with van der Waals surface area (Å²) in [6.45, 7) is -0.247. The van der Waals surface area contributed by atoms with E-state index in [0.29, 0.717) is 5.56 Å². The van der Waals surface area contributed by atoms with E-state index in [2.05, 4.69) is 20.8 Å². The first-order chi connectivity index (χ1) is 16.2. The monoisotopic (exact) mass is 473 g/mol. The summed E-state index contributed by atoms with van der Waals surface area (Å²) in [6, 6.07) is 11.6. The van der Waals surface area contributed by atoms with E-state index in [-0.39, 0.29) is 41.1 Å². The number of nitro groups is 1. The highest BCUT2D eigenvalue weighted by Crippen LogP contribution is 2.37. The number of alkyl halides is 3. The minimum Gasteiger partial charge on any atom is -0.459 e. The molecule has 0 fully saturated rings. The summed E-state index contributed by atoms with van der Waals surface area (Å²) in [7, 11) is 0. The predicted octanol–water partition coefficient (Wildman–Crippen LogP) is 5.12. The Balaban J connectivity index is 1.50. The molecular weight excluding hydrogens is 459 g/mol. The Kier molecular flexibility index (Phi) is 5.99. The van der Waals surface area contributed by atoms with E-state index in [9.17, 15) is 28.1 Å². The molecule has 2 N–H and O–H groups in total. The number of aromatic nitrogens is 2. The molecule has 2 aromatic heterocycles. The molecule has 0 aliphatic heterocycles. The van der Waals surface area contributed by atoms with E-state index in [1.807, 2.05) is 0 Å². The highest BCUT2D eigenvalue weighted by molar-refractivity contribution is 6.02. The zero-order chi connectivity index (χ0) is 24.3. The summed E-state index contributed by atoms with van der Waals surface area (Å²) in [5, 5.41) is 19.6. The largest absolute Gasteiger partial charge is 0.459 e. The lowest BCUT2D eigenvalue weighted by molar-refractivity contribution is -0.384. The van der Waals surface area contributed by atoms with Gasteiger partial charge in [0.25, 0.3) is 11.6 Å². The van der Waals surface area contributed by atoms with Crippen LogP contribution in [0.25, 0.3) is 11.4 Å². The Hall–Kier alpha value is -4.68. The Morgan fingerprint density at radius 3 is 2.65 bits per heavy atom. The lowest BCUT2D eigenvalue weighted by Gasteiger charge is -2.15. The van der Waals surface area contributed by atoms with Crippen LogP contribution in [-0.2, 0) is 12.7 Å². The Morgan fingerprint density at radius 2 is 1.94 bits per heavy atom. The first-order valence-electron chi connectivity index (χ1n) is 9.58. The fourth-order valence-electron chi connectivity index (χ4n) is 2.98. The van der Waals surface area contributed by atoms with Crippen molar-refractivity contribution < 1.29 is 31.8 Å². The molecule has 1 amide bonds. The molecule has 0 radical (unpaired) electrons. The maximum absolute atomic E-state index is 13.6. The minimum absolute atomic E-state index is 0.0372. The highest BCUT2D eigenvalue weighted by Gasteiger charge is 2.34. The maximum Gasteiger partial charge on any atom is 0.418 e. The van der Waals surface area contributed by atoms with Gasteiger partial charge in [-0.1, -0.05) is 17.3 Å². The third-order valence-electron chi connectivity index (χ3n) is 4.54. The van der Waals surface area contributed by atoms with Gasteiger partial charge in [-0.2, -0.15) is 18.2 Å². The van der Waals surface area contributed by atoms with Crippen LogP contribution in [0.1, 0.15) is 22.0 Å². The molecule has 174 valence electrons. The van der Waals surface area contributed by atoms with Crippen LogP contribution in [0.5, 0.6) is 0 Å². The van der Waals surface area contributed by atoms with Crippen LogP contribution >= 0.6 is 0 Å². The van der Waals surface area contributed by atoms with Crippen molar-refractivity contribution in [1.29, 1.82) is 0 Å². The van der Waals surface area contributed by atoms with Gasteiger partial charge >= 0.3 is 6.18 Å². The van der Waals surface area contributed by atoms with Crippen molar-refractivity contribution in [1.82, 2.24) is 10.1 Å². The van der Waals surface area contributed by atoms with Crippen molar-refractivity contribution in [2.24, 2.45) is 0 Å². The predicted molar refractivity (Wildman–Crippen MR) is 112 cm³/mol. The second kappa shape index (κ2) is 9.05. The Morgan fingerprint density at radius 1 is 1.12 bits per heavy atom. The third kappa shape index (κ3) is 5.03. The SMILES string of the molecule is O=C(Nc1ccc(NCc2nc(-c3cccc([N+](=O)[O-])c3)no2)c(C(F)(F)F)c1)c1ccco1. The molecule has 2 heterocycles. The minimum atomic E-state index is -4.73. The van der Waals surface area contributed by atoms with Crippen molar-refractivity contribution in [3.8, 4) is 11.4 Å². The average Bonchev–Trinajstić information content (AvgIpc) is 3.50. The van der Waals surface area contributed by atoms with Gasteiger partial charge in [0.05, 0.1) is 23.3 Å². The van der Waals surface area contributed by atoms with Crippen LogP contribution in [0.15, 0.2) is 69.8 Å². The smallest absolute Gasteiger partial charge is 0.418 e. The molecule has 4 rings (SSSR count). The second-order valence-electron chi connectivity index (χ2n) is 6.86. The van der Waals surface area contributed by atoms with Gasteiger partial charge in [0, 0.05) is 29.1 Å². The quantitative estimate of drug-likeness (QED) is 0.279. The van der Waals surface area contributed by atoms with E-state index < -0.39 is 22.6 Å². The van der Waals surface area contributed by atoms with Crippen LogP contribution in [-0.4, -0.2) is 21.0 Å². The summed E-state index contributed by atoms with van der Waals surface area (Å²) in [4.78, 5) is 26.4. The van der Waals surface area contributed by atoms with E-state index >= 15 is 0 Å². The number of anilines is 2. The number of hydrogen-bond donors (Lipinski definition) is 2. The molecule has 2 aromatic carbocycles. The maximum atomic E-state index is 13.6.